The summed E-state index contributed by atoms with van der Waals surface area (Å²) in [7, 11) is 0. The first kappa shape index (κ1) is 4.63. The molecule has 2 atom stereocenters. The fourth-order valence-electron chi connectivity index (χ4n) is 0.614. The van der Waals surface area contributed by atoms with E-state index in [0.29, 0.717) is 0 Å². The minimum absolute atomic E-state index is 1.02. The molecular weight excluding hydrogens is 140 g/mol. The molecule has 1 aliphatic rings. The second kappa shape index (κ2) is 1.53. The molecule has 0 saturated heterocycles. The van der Waals surface area contributed by atoms with Crippen LogP contribution in [0.1, 0.15) is 13.3 Å². The van der Waals surface area contributed by atoms with Crippen molar-refractivity contribution in [1.82, 2.24) is 0 Å². The van der Waals surface area contributed by atoms with Gasteiger partial charge in [0.2, 0.25) is 0 Å². The standard InChI is InChI=1S/C5H9Br/c1-4-2-5(4)3-6/h4-5H,2-3H2,1H3/t4-,5-/m1/s1. The highest BCUT2D eigenvalue weighted by Gasteiger charge is 2.30. The smallest absolute Gasteiger partial charge is 0.00623 e. The van der Waals surface area contributed by atoms with Crippen molar-refractivity contribution in [2.75, 3.05) is 5.33 Å². The molecule has 0 unspecified atom stereocenters. The molecule has 0 radical (unpaired) electrons. The van der Waals surface area contributed by atoms with Crippen LogP contribution in [-0.4, -0.2) is 5.33 Å². The molecule has 1 aliphatic carbocycles. The van der Waals surface area contributed by atoms with Crippen molar-refractivity contribution >= 4 is 15.9 Å². The first-order valence-corrected chi connectivity index (χ1v) is 3.52. The average Bonchev–Trinajstić information content (AvgIpc) is 2.19. The van der Waals surface area contributed by atoms with Gasteiger partial charge in [-0.2, -0.15) is 0 Å². The van der Waals surface area contributed by atoms with Crippen LogP contribution in [0.5, 0.6) is 0 Å². The molecule has 1 heteroatoms. The number of halogens is 1. The Kier molecular flexibility index (Phi) is 1.18. The third kappa shape index (κ3) is 0.754. The molecule has 0 aromatic carbocycles. The summed E-state index contributed by atoms with van der Waals surface area (Å²) in [5, 5.41) is 1.22. The molecule has 0 aliphatic heterocycles. The van der Waals surface area contributed by atoms with Gasteiger partial charge in [-0.25, -0.2) is 0 Å². The van der Waals surface area contributed by atoms with Gasteiger partial charge < -0.3 is 0 Å². The second-order valence-electron chi connectivity index (χ2n) is 2.13. The predicted octanol–water partition coefficient (Wildman–Crippen LogP) is 2.04. The van der Waals surface area contributed by atoms with Crippen LogP contribution in [0.4, 0.5) is 0 Å². The Hall–Kier alpha value is 0.480. The third-order valence-electron chi connectivity index (χ3n) is 1.47. The van der Waals surface area contributed by atoms with E-state index < -0.39 is 0 Å². The lowest BCUT2D eigenvalue weighted by atomic mass is 10.4. The molecule has 0 nitrogen and oxygen atoms in total. The number of alkyl halides is 1. The van der Waals surface area contributed by atoms with E-state index in [2.05, 4.69) is 22.9 Å². The average molecular weight is 149 g/mol. The summed E-state index contributed by atoms with van der Waals surface area (Å²) in [5.74, 6) is 2.04. The quantitative estimate of drug-likeness (QED) is 0.500. The van der Waals surface area contributed by atoms with Crippen molar-refractivity contribution in [2.45, 2.75) is 13.3 Å². The maximum atomic E-state index is 3.42. The Morgan fingerprint density at radius 2 is 2.33 bits per heavy atom. The lowest BCUT2D eigenvalue weighted by Crippen LogP contribution is -1.73. The summed E-state index contributed by atoms with van der Waals surface area (Å²) in [6, 6.07) is 0. The molecule has 0 bridgehead atoms. The molecular formula is C5H9Br. The Bertz CT molecular complexity index is 49.9. The van der Waals surface area contributed by atoms with Crippen LogP contribution < -0.4 is 0 Å². The van der Waals surface area contributed by atoms with Gasteiger partial charge >= 0.3 is 0 Å². The van der Waals surface area contributed by atoms with Crippen LogP contribution in [-0.2, 0) is 0 Å². The maximum absolute atomic E-state index is 3.42. The second-order valence-corrected chi connectivity index (χ2v) is 2.77. The zero-order valence-electron chi connectivity index (χ0n) is 3.95. The fourth-order valence-corrected chi connectivity index (χ4v) is 1.52. The molecule has 0 spiro atoms. The van der Waals surface area contributed by atoms with E-state index >= 15 is 0 Å². The summed E-state index contributed by atoms with van der Waals surface area (Å²) in [5.41, 5.74) is 0. The van der Waals surface area contributed by atoms with Gasteiger partial charge in [0.05, 0.1) is 0 Å². The number of hydrogen-bond acceptors (Lipinski definition) is 0. The summed E-state index contributed by atoms with van der Waals surface area (Å²) < 4.78 is 0. The molecule has 1 fully saturated rings. The molecule has 1 rings (SSSR count). The van der Waals surface area contributed by atoms with Crippen LogP contribution in [0.25, 0.3) is 0 Å². The first-order valence-electron chi connectivity index (χ1n) is 2.40. The van der Waals surface area contributed by atoms with Gasteiger partial charge in [0.15, 0.2) is 0 Å². The number of hydrogen-bond donors (Lipinski definition) is 0. The SMILES string of the molecule is C[C@@H]1C[C@@H]1CBr. The van der Waals surface area contributed by atoms with Gasteiger partial charge in [0.25, 0.3) is 0 Å². The minimum atomic E-state index is 1.02. The van der Waals surface area contributed by atoms with Gasteiger partial charge in [-0.15, -0.1) is 0 Å². The highest BCUT2D eigenvalue weighted by molar-refractivity contribution is 9.09. The Morgan fingerprint density at radius 1 is 1.83 bits per heavy atom. The molecule has 6 heavy (non-hydrogen) atoms. The van der Waals surface area contributed by atoms with E-state index in [9.17, 15) is 0 Å². The molecule has 0 heterocycles. The highest BCUT2D eigenvalue weighted by Crippen LogP contribution is 2.38. The summed E-state index contributed by atoms with van der Waals surface area (Å²) in [4.78, 5) is 0. The molecule has 0 amide bonds. The lowest BCUT2D eigenvalue weighted by Gasteiger charge is -1.77. The number of rotatable bonds is 1. The fraction of sp³-hybridized carbons (Fsp3) is 1.00. The van der Waals surface area contributed by atoms with E-state index in [4.69, 9.17) is 0 Å². The summed E-state index contributed by atoms with van der Waals surface area (Å²) in [6.07, 6.45) is 1.45. The maximum Gasteiger partial charge on any atom is 0.00623 e. The Labute approximate surface area is 47.1 Å². The van der Waals surface area contributed by atoms with Crippen LogP contribution in [0.2, 0.25) is 0 Å². The van der Waals surface area contributed by atoms with Gasteiger partial charge in [0.1, 0.15) is 0 Å². The highest BCUT2D eigenvalue weighted by atomic mass is 79.9. The first-order chi connectivity index (χ1) is 2.84. The van der Waals surface area contributed by atoms with E-state index in [1.807, 2.05) is 0 Å². The minimum Gasteiger partial charge on any atom is -0.0925 e. The van der Waals surface area contributed by atoms with Crippen molar-refractivity contribution in [3.8, 4) is 0 Å². The lowest BCUT2D eigenvalue weighted by molar-refractivity contribution is 0.850. The monoisotopic (exact) mass is 148 g/mol. The van der Waals surface area contributed by atoms with Crippen LogP contribution in [0, 0.1) is 11.8 Å². The van der Waals surface area contributed by atoms with Crippen molar-refractivity contribution < 1.29 is 0 Å². The van der Waals surface area contributed by atoms with E-state index in [1.165, 1.54) is 11.8 Å². The molecule has 0 aromatic rings. The van der Waals surface area contributed by atoms with Gasteiger partial charge in [-0.3, -0.25) is 0 Å². The predicted molar refractivity (Wildman–Crippen MR) is 31.1 cm³/mol. The zero-order chi connectivity index (χ0) is 4.57. The molecule has 0 aromatic heterocycles. The molecule has 36 valence electrons. The van der Waals surface area contributed by atoms with E-state index in [-0.39, 0.29) is 0 Å². The van der Waals surface area contributed by atoms with Crippen molar-refractivity contribution in [2.24, 2.45) is 11.8 Å². The van der Waals surface area contributed by atoms with Crippen molar-refractivity contribution in [1.29, 1.82) is 0 Å². The van der Waals surface area contributed by atoms with Gasteiger partial charge in [-0.1, -0.05) is 22.9 Å². The Morgan fingerprint density at radius 3 is 2.33 bits per heavy atom. The summed E-state index contributed by atoms with van der Waals surface area (Å²) >= 11 is 3.42. The summed E-state index contributed by atoms with van der Waals surface area (Å²) in [6.45, 7) is 2.30. The van der Waals surface area contributed by atoms with Crippen molar-refractivity contribution in [3.05, 3.63) is 0 Å². The van der Waals surface area contributed by atoms with Crippen molar-refractivity contribution in [3.63, 3.8) is 0 Å². The third-order valence-corrected chi connectivity index (χ3v) is 2.31. The molecule has 1 saturated carbocycles. The Balaban J connectivity index is 2.09. The zero-order valence-corrected chi connectivity index (χ0v) is 5.53. The topological polar surface area (TPSA) is 0 Å². The van der Waals surface area contributed by atoms with Crippen LogP contribution >= 0.6 is 15.9 Å². The van der Waals surface area contributed by atoms with Crippen LogP contribution in [0.3, 0.4) is 0 Å². The normalized spacial score (nSPS) is 43.0. The van der Waals surface area contributed by atoms with Gasteiger partial charge in [0, 0.05) is 5.33 Å². The van der Waals surface area contributed by atoms with Gasteiger partial charge in [-0.05, 0) is 18.3 Å². The largest absolute Gasteiger partial charge is 0.0925 e. The molecule has 0 N–H and O–H groups in total. The van der Waals surface area contributed by atoms with Crippen LogP contribution in [0.15, 0.2) is 0 Å². The van der Waals surface area contributed by atoms with E-state index in [0.717, 1.165) is 11.8 Å². The van der Waals surface area contributed by atoms with E-state index in [1.54, 1.807) is 0 Å².